The monoisotopic (exact) mass is 389 g/mol. The SMILES string of the molecule is NC(=O)COc1cccc(NC(=O)c2cccc(S(=O)(=O)NC3CC3)c2)c1. The van der Waals surface area contributed by atoms with Crippen LogP contribution < -0.4 is 20.5 Å². The van der Waals surface area contributed by atoms with E-state index in [9.17, 15) is 18.0 Å². The molecule has 9 heteroatoms. The molecule has 1 aliphatic rings. The van der Waals surface area contributed by atoms with Crippen molar-refractivity contribution in [3.63, 3.8) is 0 Å². The molecule has 0 radical (unpaired) electrons. The first-order valence-electron chi connectivity index (χ1n) is 8.28. The molecule has 2 aromatic carbocycles. The molecule has 0 aliphatic heterocycles. The summed E-state index contributed by atoms with van der Waals surface area (Å²) in [5.74, 6) is -0.704. The Morgan fingerprint density at radius 2 is 1.85 bits per heavy atom. The van der Waals surface area contributed by atoms with Crippen LogP contribution in [0.5, 0.6) is 5.75 Å². The predicted molar refractivity (Wildman–Crippen MR) is 98.9 cm³/mol. The summed E-state index contributed by atoms with van der Waals surface area (Å²) in [6.45, 7) is -0.273. The Morgan fingerprint density at radius 3 is 2.56 bits per heavy atom. The average Bonchev–Trinajstić information content (AvgIpc) is 3.44. The third kappa shape index (κ3) is 5.28. The van der Waals surface area contributed by atoms with E-state index in [1.807, 2.05) is 0 Å². The third-order valence-corrected chi connectivity index (χ3v) is 5.30. The number of benzene rings is 2. The lowest BCUT2D eigenvalue weighted by Crippen LogP contribution is -2.26. The minimum Gasteiger partial charge on any atom is -0.484 e. The summed E-state index contributed by atoms with van der Waals surface area (Å²) >= 11 is 0. The van der Waals surface area contributed by atoms with Gasteiger partial charge in [0.15, 0.2) is 6.61 Å². The lowest BCUT2D eigenvalue weighted by Gasteiger charge is -2.10. The lowest BCUT2D eigenvalue weighted by atomic mass is 10.2. The first-order chi connectivity index (χ1) is 12.8. The highest BCUT2D eigenvalue weighted by atomic mass is 32.2. The minimum absolute atomic E-state index is 0.0179. The number of sulfonamides is 1. The van der Waals surface area contributed by atoms with E-state index in [1.165, 1.54) is 30.3 Å². The Kier molecular flexibility index (Phi) is 5.43. The number of primary amides is 1. The van der Waals surface area contributed by atoms with Crippen LogP contribution in [0.25, 0.3) is 0 Å². The number of anilines is 1. The second kappa shape index (κ2) is 7.77. The van der Waals surface area contributed by atoms with Crippen molar-refractivity contribution in [2.45, 2.75) is 23.8 Å². The maximum Gasteiger partial charge on any atom is 0.255 e. The number of carbonyl (C=O) groups excluding carboxylic acids is 2. The number of hydrogen-bond acceptors (Lipinski definition) is 5. The fraction of sp³-hybridized carbons (Fsp3) is 0.222. The lowest BCUT2D eigenvalue weighted by molar-refractivity contribution is -0.119. The van der Waals surface area contributed by atoms with Crippen LogP contribution in [0.1, 0.15) is 23.2 Å². The van der Waals surface area contributed by atoms with Crippen LogP contribution in [-0.4, -0.2) is 32.9 Å². The van der Waals surface area contributed by atoms with Gasteiger partial charge in [-0.05, 0) is 43.2 Å². The van der Waals surface area contributed by atoms with E-state index in [0.717, 1.165) is 12.8 Å². The number of nitrogens with two attached hydrogens (primary N) is 1. The summed E-state index contributed by atoms with van der Waals surface area (Å²) in [6, 6.07) is 12.2. The van der Waals surface area contributed by atoms with Crippen molar-refractivity contribution in [3.8, 4) is 5.75 Å². The normalized spacial score (nSPS) is 13.8. The van der Waals surface area contributed by atoms with Gasteiger partial charge in [-0.15, -0.1) is 0 Å². The molecule has 0 saturated heterocycles. The fourth-order valence-corrected chi connectivity index (χ4v) is 3.66. The Bertz CT molecular complexity index is 970. The van der Waals surface area contributed by atoms with Crippen molar-refractivity contribution in [2.75, 3.05) is 11.9 Å². The number of hydrogen-bond donors (Lipinski definition) is 3. The molecule has 0 bridgehead atoms. The van der Waals surface area contributed by atoms with E-state index in [2.05, 4.69) is 10.0 Å². The summed E-state index contributed by atoms with van der Waals surface area (Å²) in [6.07, 6.45) is 1.65. The van der Waals surface area contributed by atoms with Gasteiger partial charge in [0.05, 0.1) is 4.90 Å². The van der Waals surface area contributed by atoms with Crippen molar-refractivity contribution < 1.29 is 22.7 Å². The van der Waals surface area contributed by atoms with E-state index >= 15 is 0 Å². The molecule has 27 heavy (non-hydrogen) atoms. The number of nitrogens with one attached hydrogen (secondary N) is 2. The molecule has 2 amide bonds. The Hall–Kier alpha value is -2.91. The summed E-state index contributed by atoms with van der Waals surface area (Å²) in [4.78, 5) is 23.3. The van der Waals surface area contributed by atoms with Gasteiger partial charge in [-0.2, -0.15) is 0 Å². The van der Waals surface area contributed by atoms with Crippen molar-refractivity contribution in [1.82, 2.24) is 4.72 Å². The second-order valence-electron chi connectivity index (χ2n) is 6.16. The average molecular weight is 389 g/mol. The molecule has 1 aliphatic carbocycles. The highest BCUT2D eigenvalue weighted by molar-refractivity contribution is 7.89. The molecular formula is C18H19N3O5S. The molecule has 0 heterocycles. The van der Waals surface area contributed by atoms with Crippen molar-refractivity contribution in [3.05, 3.63) is 54.1 Å². The zero-order valence-electron chi connectivity index (χ0n) is 14.3. The molecule has 0 spiro atoms. The molecule has 0 atom stereocenters. The topological polar surface area (TPSA) is 128 Å². The highest BCUT2D eigenvalue weighted by Crippen LogP contribution is 2.23. The van der Waals surface area contributed by atoms with Gasteiger partial charge in [-0.1, -0.05) is 12.1 Å². The standard InChI is InChI=1S/C18H19N3O5S/c19-17(22)11-26-15-5-2-4-14(10-15)20-18(23)12-3-1-6-16(9-12)27(24,25)21-13-7-8-13/h1-6,9-10,13,21H,7-8,11H2,(H2,19,22)(H,20,23). The number of amides is 2. The van der Waals surface area contributed by atoms with Crippen LogP contribution in [0, 0.1) is 0 Å². The maximum atomic E-state index is 12.5. The summed E-state index contributed by atoms with van der Waals surface area (Å²) < 4.78 is 32.3. The number of rotatable bonds is 8. The molecule has 0 aromatic heterocycles. The second-order valence-corrected chi connectivity index (χ2v) is 7.87. The van der Waals surface area contributed by atoms with Gasteiger partial charge >= 0.3 is 0 Å². The van der Waals surface area contributed by atoms with Gasteiger partial charge in [0.1, 0.15) is 5.75 Å². The molecule has 3 rings (SSSR count). The minimum atomic E-state index is -3.64. The van der Waals surface area contributed by atoms with E-state index in [4.69, 9.17) is 10.5 Å². The van der Waals surface area contributed by atoms with Gasteiger partial charge in [0.25, 0.3) is 11.8 Å². The quantitative estimate of drug-likeness (QED) is 0.626. The van der Waals surface area contributed by atoms with Crippen LogP contribution in [-0.2, 0) is 14.8 Å². The largest absolute Gasteiger partial charge is 0.484 e. The molecular weight excluding hydrogens is 370 g/mol. The third-order valence-electron chi connectivity index (χ3n) is 3.78. The van der Waals surface area contributed by atoms with Gasteiger partial charge in [-0.3, -0.25) is 9.59 Å². The molecule has 0 unspecified atom stereocenters. The van der Waals surface area contributed by atoms with Crippen molar-refractivity contribution >= 4 is 27.5 Å². The van der Waals surface area contributed by atoms with Gasteiger partial charge in [0, 0.05) is 23.4 Å². The van der Waals surface area contributed by atoms with Crippen LogP contribution >= 0.6 is 0 Å². The first kappa shape index (κ1) is 18.9. The van der Waals surface area contributed by atoms with Gasteiger partial charge < -0.3 is 15.8 Å². The summed E-state index contributed by atoms with van der Waals surface area (Å²) in [7, 11) is -3.64. The molecule has 1 saturated carbocycles. The zero-order chi connectivity index (χ0) is 19.4. The highest BCUT2D eigenvalue weighted by Gasteiger charge is 2.28. The molecule has 2 aromatic rings. The van der Waals surface area contributed by atoms with Crippen LogP contribution in [0.2, 0.25) is 0 Å². The maximum absolute atomic E-state index is 12.5. The molecule has 1 fully saturated rings. The fourth-order valence-electron chi connectivity index (χ4n) is 2.31. The molecule has 8 nitrogen and oxygen atoms in total. The summed E-state index contributed by atoms with van der Waals surface area (Å²) in [5, 5.41) is 2.67. The number of carbonyl (C=O) groups is 2. The predicted octanol–water partition coefficient (Wildman–Crippen LogP) is 1.24. The Balaban J connectivity index is 1.72. The molecule has 4 N–H and O–H groups in total. The smallest absolute Gasteiger partial charge is 0.255 e. The van der Waals surface area contributed by atoms with E-state index in [0.29, 0.717) is 11.4 Å². The van der Waals surface area contributed by atoms with Crippen LogP contribution in [0.3, 0.4) is 0 Å². The van der Waals surface area contributed by atoms with Crippen LogP contribution in [0.4, 0.5) is 5.69 Å². The Labute approximate surface area is 156 Å². The van der Waals surface area contributed by atoms with Gasteiger partial charge in [0.2, 0.25) is 10.0 Å². The molecule has 142 valence electrons. The number of ether oxygens (including phenoxy) is 1. The Morgan fingerprint density at radius 1 is 1.11 bits per heavy atom. The van der Waals surface area contributed by atoms with E-state index < -0.39 is 21.8 Å². The van der Waals surface area contributed by atoms with Crippen molar-refractivity contribution in [1.29, 1.82) is 0 Å². The van der Waals surface area contributed by atoms with E-state index in [-0.39, 0.29) is 23.1 Å². The zero-order valence-corrected chi connectivity index (χ0v) is 15.2. The van der Waals surface area contributed by atoms with Gasteiger partial charge in [-0.25, -0.2) is 13.1 Å². The van der Waals surface area contributed by atoms with Crippen LogP contribution in [0.15, 0.2) is 53.4 Å². The van der Waals surface area contributed by atoms with E-state index in [1.54, 1.807) is 18.2 Å². The van der Waals surface area contributed by atoms with Crippen molar-refractivity contribution in [2.24, 2.45) is 5.73 Å². The summed E-state index contributed by atoms with van der Waals surface area (Å²) in [5.41, 5.74) is 5.67. The first-order valence-corrected chi connectivity index (χ1v) is 9.77.